The fourth-order valence-corrected chi connectivity index (χ4v) is 3.16. The van der Waals surface area contributed by atoms with Gasteiger partial charge >= 0.3 is 0 Å². The third-order valence-electron chi connectivity index (χ3n) is 4.67. The fourth-order valence-electron chi connectivity index (χ4n) is 3.16. The number of ether oxygens (including phenoxy) is 4. The zero-order valence-corrected chi connectivity index (χ0v) is 17.9. The summed E-state index contributed by atoms with van der Waals surface area (Å²) in [5.41, 5.74) is 2.15. The summed E-state index contributed by atoms with van der Waals surface area (Å²) < 4.78 is 21.7. The summed E-state index contributed by atoms with van der Waals surface area (Å²) in [6.07, 6.45) is 0.284. The van der Waals surface area contributed by atoms with E-state index in [0.29, 0.717) is 31.2 Å². The third-order valence-corrected chi connectivity index (χ3v) is 4.67. The Balaban J connectivity index is 1.98. The summed E-state index contributed by atoms with van der Waals surface area (Å²) in [5.74, 6) is 2.21. The predicted molar refractivity (Wildman–Crippen MR) is 114 cm³/mol. The lowest BCUT2D eigenvalue weighted by molar-refractivity contribution is 0.0615. The van der Waals surface area contributed by atoms with E-state index in [9.17, 15) is 5.11 Å². The number of hydrogen-bond acceptors (Lipinski definition) is 6. The van der Waals surface area contributed by atoms with Gasteiger partial charge in [-0.25, -0.2) is 0 Å². The second-order valence-corrected chi connectivity index (χ2v) is 7.00. The van der Waals surface area contributed by atoms with Crippen LogP contribution in [-0.2, 0) is 11.3 Å². The molecule has 0 bridgehead atoms. The van der Waals surface area contributed by atoms with Gasteiger partial charge in [0.2, 0.25) is 0 Å². The maximum atomic E-state index is 10.5. The van der Waals surface area contributed by atoms with Gasteiger partial charge in [0.1, 0.15) is 18.5 Å². The average Bonchev–Trinajstić information content (AvgIpc) is 2.73. The molecule has 1 N–H and O–H groups in total. The van der Waals surface area contributed by atoms with Gasteiger partial charge in [0, 0.05) is 33.4 Å². The van der Waals surface area contributed by atoms with Crippen LogP contribution >= 0.6 is 0 Å². The molecule has 0 aromatic heterocycles. The fraction of sp³-hybridized carbons (Fsp3) is 0.478. The van der Waals surface area contributed by atoms with Crippen molar-refractivity contribution in [3.05, 3.63) is 53.6 Å². The minimum atomic E-state index is -0.600. The Morgan fingerprint density at radius 3 is 2.41 bits per heavy atom. The summed E-state index contributed by atoms with van der Waals surface area (Å²) in [6.45, 7) is 4.92. The maximum absolute atomic E-state index is 10.5. The molecule has 0 aliphatic carbocycles. The van der Waals surface area contributed by atoms with E-state index in [4.69, 9.17) is 18.9 Å². The smallest absolute Gasteiger partial charge is 0.161 e. The lowest BCUT2D eigenvalue weighted by Gasteiger charge is -2.25. The number of aliphatic hydroxyl groups is 1. The van der Waals surface area contributed by atoms with E-state index in [0.717, 1.165) is 29.8 Å². The molecule has 1 atom stereocenters. The molecule has 6 nitrogen and oxygen atoms in total. The monoisotopic (exact) mass is 403 g/mol. The number of benzene rings is 2. The topological polar surface area (TPSA) is 60.4 Å². The van der Waals surface area contributed by atoms with Crippen molar-refractivity contribution >= 4 is 0 Å². The number of hydrogen-bond donors (Lipinski definition) is 1. The van der Waals surface area contributed by atoms with Crippen LogP contribution in [0.15, 0.2) is 42.5 Å². The number of methoxy groups -OCH3 is 3. The molecule has 0 heterocycles. The van der Waals surface area contributed by atoms with Gasteiger partial charge in [-0.15, -0.1) is 0 Å². The zero-order chi connectivity index (χ0) is 21.1. The average molecular weight is 404 g/mol. The molecule has 29 heavy (non-hydrogen) atoms. The highest BCUT2D eigenvalue weighted by Crippen LogP contribution is 2.28. The van der Waals surface area contributed by atoms with Gasteiger partial charge in [0.05, 0.1) is 14.2 Å². The molecular formula is C23H33NO5. The molecule has 0 spiro atoms. The Hall–Kier alpha value is -2.28. The summed E-state index contributed by atoms with van der Waals surface area (Å²) in [5, 5.41) is 10.5. The molecule has 2 aromatic carbocycles. The van der Waals surface area contributed by atoms with E-state index >= 15 is 0 Å². The standard InChI is InChI=1S/C23H33NO5/c1-18-8-5-6-9-21(18)29-17-20(25)16-24(12-7-13-26-2)15-19-10-11-22(27-3)23(14-19)28-4/h5-6,8-11,14,20,25H,7,12-13,15-17H2,1-4H3/t20-/m1/s1. The first-order valence-electron chi connectivity index (χ1n) is 9.86. The van der Waals surface area contributed by atoms with Crippen LogP contribution in [0.5, 0.6) is 17.2 Å². The van der Waals surface area contributed by atoms with E-state index < -0.39 is 6.10 Å². The van der Waals surface area contributed by atoms with E-state index in [1.54, 1.807) is 21.3 Å². The van der Waals surface area contributed by atoms with Crippen LogP contribution in [-0.4, -0.2) is 63.7 Å². The molecule has 0 unspecified atom stereocenters. The van der Waals surface area contributed by atoms with Crippen LogP contribution in [0.2, 0.25) is 0 Å². The van der Waals surface area contributed by atoms with Crippen molar-refractivity contribution in [3.8, 4) is 17.2 Å². The first-order valence-corrected chi connectivity index (χ1v) is 9.86. The van der Waals surface area contributed by atoms with Crippen LogP contribution in [0.1, 0.15) is 17.5 Å². The number of aliphatic hydroxyl groups excluding tert-OH is 1. The SMILES string of the molecule is COCCCN(Cc1ccc(OC)c(OC)c1)C[C@@H](O)COc1ccccc1C. The molecule has 0 saturated carbocycles. The predicted octanol–water partition coefficient (Wildman–Crippen LogP) is 3.29. The first-order chi connectivity index (χ1) is 14.1. The lowest BCUT2D eigenvalue weighted by Crippen LogP contribution is -2.36. The number of aryl methyl sites for hydroxylation is 1. The molecule has 0 amide bonds. The van der Waals surface area contributed by atoms with Gasteiger partial charge in [-0.3, -0.25) is 4.90 Å². The first kappa shape index (κ1) is 23.0. The molecule has 0 aliphatic heterocycles. The van der Waals surface area contributed by atoms with Crippen molar-refractivity contribution in [2.75, 3.05) is 47.6 Å². The Morgan fingerprint density at radius 2 is 1.72 bits per heavy atom. The van der Waals surface area contributed by atoms with Gasteiger partial charge in [-0.05, 0) is 42.7 Å². The van der Waals surface area contributed by atoms with E-state index in [2.05, 4.69) is 4.90 Å². The second-order valence-electron chi connectivity index (χ2n) is 7.00. The number of para-hydroxylation sites is 1. The second kappa shape index (κ2) is 12.3. The maximum Gasteiger partial charge on any atom is 0.161 e. The van der Waals surface area contributed by atoms with Crippen LogP contribution in [0.3, 0.4) is 0 Å². The van der Waals surface area contributed by atoms with Crippen molar-refractivity contribution in [2.24, 2.45) is 0 Å². The molecule has 2 rings (SSSR count). The molecule has 0 fully saturated rings. The van der Waals surface area contributed by atoms with Crippen molar-refractivity contribution < 1.29 is 24.1 Å². The molecule has 0 aliphatic rings. The van der Waals surface area contributed by atoms with Crippen LogP contribution in [0, 0.1) is 6.92 Å². The van der Waals surface area contributed by atoms with Crippen LogP contribution < -0.4 is 14.2 Å². The van der Waals surface area contributed by atoms with Crippen LogP contribution in [0.4, 0.5) is 0 Å². The Bertz CT molecular complexity index is 737. The van der Waals surface area contributed by atoms with Gasteiger partial charge in [-0.1, -0.05) is 24.3 Å². The molecule has 160 valence electrons. The van der Waals surface area contributed by atoms with E-state index in [1.807, 2.05) is 49.4 Å². The molecule has 6 heteroatoms. The van der Waals surface area contributed by atoms with Gasteiger partial charge in [0.25, 0.3) is 0 Å². The largest absolute Gasteiger partial charge is 0.493 e. The Labute approximate surface area is 174 Å². The van der Waals surface area contributed by atoms with Crippen molar-refractivity contribution in [1.29, 1.82) is 0 Å². The summed E-state index contributed by atoms with van der Waals surface area (Å²) in [4.78, 5) is 2.20. The highest BCUT2D eigenvalue weighted by molar-refractivity contribution is 5.42. The van der Waals surface area contributed by atoms with E-state index in [-0.39, 0.29) is 6.61 Å². The summed E-state index contributed by atoms with van der Waals surface area (Å²) in [6, 6.07) is 13.7. The summed E-state index contributed by atoms with van der Waals surface area (Å²) >= 11 is 0. The van der Waals surface area contributed by atoms with Gasteiger partial charge in [-0.2, -0.15) is 0 Å². The minimum Gasteiger partial charge on any atom is -0.493 e. The van der Waals surface area contributed by atoms with Crippen molar-refractivity contribution in [1.82, 2.24) is 4.90 Å². The lowest BCUT2D eigenvalue weighted by atomic mass is 10.1. The third kappa shape index (κ3) is 7.57. The highest BCUT2D eigenvalue weighted by atomic mass is 16.5. The number of nitrogens with zero attached hydrogens (tertiary/aromatic N) is 1. The summed E-state index contributed by atoms with van der Waals surface area (Å²) in [7, 11) is 4.95. The van der Waals surface area contributed by atoms with Crippen molar-refractivity contribution in [2.45, 2.75) is 26.0 Å². The quantitative estimate of drug-likeness (QED) is 0.518. The van der Waals surface area contributed by atoms with Gasteiger partial charge in [0.15, 0.2) is 11.5 Å². The minimum absolute atomic E-state index is 0.248. The molecule has 0 radical (unpaired) electrons. The van der Waals surface area contributed by atoms with Gasteiger partial charge < -0.3 is 24.1 Å². The Morgan fingerprint density at radius 1 is 0.966 bits per heavy atom. The number of rotatable bonds is 13. The Kier molecular flexibility index (Phi) is 9.77. The highest BCUT2D eigenvalue weighted by Gasteiger charge is 2.15. The molecule has 2 aromatic rings. The van der Waals surface area contributed by atoms with E-state index in [1.165, 1.54) is 0 Å². The van der Waals surface area contributed by atoms with Crippen molar-refractivity contribution in [3.63, 3.8) is 0 Å². The molecule has 0 saturated heterocycles. The van der Waals surface area contributed by atoms with Crippen LogP contribution in [0.25, 0.3) is 0 Å². The zero-order valence-electron chi connectivity index (χ0n) is 17.9. The normalized spacial score (nSPS) is 12.1. The molecular weight excluding hydrogens is 370 g/mol.